The van der Waals surface area contributed by atoms with Crippen molar-refractivity contribution in [2.24, 2.45) is 0 Å². The summed E-state index contributed by atoms with van der Waals surface area (Å²) in [5.74, 6) is 0.0330. The van der Waals surface area contributed by atoms with E-state index in [0.717, 1.165) is 63.7 Å². The van der Waals surface area contributed by atoms with E-state index in [1.165, 1.54) is 6.07 Å². The summed E-state index contributed by atoms with van der Waals surface area (Å²) in [5.41, 5.74) is 1.58. The topological polar surface area (TPSA) is 128 Å². The number of aryl methyl sites for hydroxylation is 1. The van der Waals surface area contributed by atoms with Crippen molar-refractivity contribution < 1.29 is 28.5 Å². The Hall–Kier alpha value is -2.01. The summed E-state index contributed by atoms with van der Waals surface area (Å²) in [5, 5.41) is 32.4. The van der Waals surface area contributed by atoms with Crippen LogP contribution in [0.1, 0.15) is 82.1 Å². The molecule has 214 valence electrons. The van der Waals surface area contributed by atoms with E-state index in [-0.39, 0.29) is 12.4 Å². The first-order valence-electron chi connectivity index (χ1n) is 13.5. The van der Waals surface area contributed by atoms with Gasteiger partial charge in [0.05, 0.1) is 17.6 Å². The van der Waals surface area contributed by atoms with Gasteiger partial charge in [-0.3, -0.25) is 0 Å². The van der Waals surface area contributed by atoms with E-state index in [1.807, 2.05) is 26.8 Å². The second kappa shape index (κ2) is 16.2. The maximum atomic E-state index is 12.5. The molecule has 2 rings (SSSR count). The van der Waals surface area contributed by atoms with Crippen molar-refractivity contribution in [2.45, 2.75) is 88.9 Å². The van der Waals surface area contributed by atoms with Crippen LogP contribution in [0.3, 0.4) is 0 Å². The van der Waals surface area contributed by atoms with Crippen LogP contribution in [0.2, 0.25) is 0 Å². The molecule has 38 heavy (non-hydrogen) atoms. The first-order chi connectivity index (χ1) is 18.0. The molecular formula is C29H46N2O6S. The van der Waals surface area contributed by atoms with E-state index in [4.69, 9.17) is 4.74 Å². The largest absolute Gasteiger partial charge is 0.508 e. The van der Waals surface area contributed by atoms with E-state index in [1.54, 1.807) is 30.3 Å². The summed E-state index contributed by atoms with van der Waals surface area (Å²) in [6.07, 6.45) is 6.22. The lowest BCUT2D eigenvalue weighted by molar-refractivity contribution is 0.126. The van der Waals surface area contributed by atoms with Crippen LogP contribution in [0.5, 0.6) is 5.75 Å². The number of hydrogen-bond donors (Lipinski definition) is 5. The van der Waals surface area contributed by atoms with Crippen LogP contribution in [-0.2, 0) is 27.8 Å². The van der Waals surface area contributed by atoms with Gasteiger partial charge in [-0.15, -0.1) is 0 Å². The summed E-state index contributed by atoms with van der Waals surface area (Å²) in [4.78, 5) is 0.307. The van der Waals surface area contributed by atoms with Gasteiger partial charge in [-0.25, -0.2) is 13.1 Å². The molecule has 0 fully saturated rings. The predicted octanol–water partition coefficient (Wildman–Crippen LogP) is 4.18. The number of benzene rings is 2. The molecule has 2 aromatic carbocycles. The smallest absolute Gasteiger partial charge is 0.241 e. The van der Waals surface area contributed by atoms with Gasteiger partial charge < -0.3 is 25.4 Å². The van der Waals surface area contributed by atoms with Crippen LogP contribution in [0, 0.1) is 0 Å². The normalized spacial score (nSPS) is 13.1. The Morgan fingerprint density at radius 1 is 0.947 bits per heavy atom. The number of rotatable bonds is 18. The van der Waals surface area contributed by atoms with Crippen LogP contribution < -0.4 is 10.0 Å². The third-order valence-electron chi connectivity index (χ3n) is 6.04. The zero-order valence-electron chi connectivity index (χ0n) is 23.1. The number of ether oxygens (including phenoxy) is 1. The molecule has 0 saturated carbocycles. The highest BCUT2D eigenvalue weighted by Gasteiger charge is 2.22. The van der Waals surface area contributed by atoms with Gasteiger partial charge in [0.1, 0.15) is 5.75 Å². The lowest BCUT2D eigenvalue weighted by Gasteiger charge is -2.20. The first-order valence-corrected chi connectivity index (χ1v) is 15.0. The van der Waals surface area contributed by atoms with Crippen LogP contribution in [-0.4, -0.2) is 55.6 Å². The van der Waals surface area contributed by atoms with Gasteiger partial charge in [0.2, 0.25) is 10.0 Å². The molecule has 0 aliphatic heterocycles. The molecule has 0 spiro atoms. The van der Waals surface area contributed by atoms with Gasteiger partial charge in [0.15, 0.2) is 0 Å². The number of hydrogen-bond acceptors (Lipinski definition) is 7. The van der Waals surface area contributed by atoms with Crippen LogP contribution in [0.4, 0.5) is 0 Å². The second-order valence-corrected chi connectivity index (χ2v) is 12.4. The monoisotopic (exact) mass is 550 g/mol. The zero-order valence-corrected chi connectivity index (χ0v) is 23.9. The predicted molar refractivity (Wildman–Crippen MR) is 151 cm³/mol. The maximum Gasteiger partial charge on any atom is 0.241 e. The van der Waals surface area contributed by atoms with Gasteiger partial charge in [-0.05, 0) is 94.8 Å². The van der Waals surface area contributed by atoms with Crippen LogP contribution >= 0.6 is 0 Å². The summed E-state index contributed by atoms with van der Waals surface area (Å²) in [6, 6.07) is 11.9. The average molecular weight is 551 g/mol. The standard InChI is InChI=1S/C29H46N2O6S/c1-29(2,3)31-38(35,36)26-13-10-12-23(19-26)11-6-9-18-37-17-8-5-4-7-16-30-21-28(34)24-14-15-27(33)25(20-24)22-32/h10,12-15,19-20,28,30-34H,4-9,11,16-18,21-22H2,1-3H3/t28-/m1/s1. The van der Waals surface area contributed by atoms with E-state index in [2.05, 4.69) is 10.0 Å². The SMILES string of the molecule is CC(C)(C)NS(=O)(=O)c1cccc(CCCCOCCCCCCNC[C@@H](O)c2ccc(O)c(CO)c2)c1. The molecule has 0 unspecified atom stereocenters. The summed E-state index contributed by atoms with van der Waals surface area (Å²) in [7, 11) is -3.52. The fourth-order valence-corrected chi connectivity index (χ4v) is 5.56. The van der Waals surface area contributed by atoms with Gasteiger partial charge >= 0.3 is 0 Å². The molecule has 0 aliphatic carbocycles. The Labute approximate surface area is 228 Å². The number of nitrogens with one attached hydrogen (secondary N) is 2. The molecule has 5 N–H and O–H groups in total. The number of unbranched alkanes of at least 4 members (excludes halogenated alkanes) is 4. The van der Waals surface area contributed by atoms with Crippen LogP contribution in [0.25, 0.3) is 0 Å². The summed E-state index contributed by atoms with van der Waals surface area (Å²) < 4.78 is 33.5. The fourth-order valence-electron chi connectivity index (χ4n) is 4.07. The fraction of sp³-hybridized carbons (Fsp3) is 0.586. The second-order valence-electron chi connectivity index (χ2n) is 10.8. The molecule has 8 nitrogen and oxygen atoms in total. The van der Waals surface area contributed by atoms with E-state index in [0.29, 0.717) is 29.2 Å². The van der Waals surface area contributed by atoms with Gasteiger partial charge in [0, 0.05) is 30.9 Å². The Morgan fingerprint density at radius 3 is 2.37 bits per heavy atom. The van der Waals surface area contributed by atoms with Crippen molar-refractivity contribution in [2.75, 3.05) is 26.3 Å². The maximum absolute atomic E-state index is 12.5. The minimum absolute atomic E-state index is 0.0330. The van der Waals surface area contributed by atoms with Crippen LogP contribution in [0.15, 0.2) is 47.4 Å². The highest BCUT2D eigenvalue weighted by molar-refractivity contribution is 7.89. The Bertz CT molecular complexity index is 1070. The van der Waals surface area contributed by atoms with Gasteiger partial charge in [-0.1, -0.05) is 31.0 Å². The minimum Gasteiger partial charge on any atom is -0.508 e. The van der Waals surface area contributed by atoms with E-state index < -0.39 is 21.7 Å². The highest BCUT2D eigenvalue weighted by atomic mass is 32.2. The number of phenols is 1. The molecule has 0 bridgehead atoms. The van der Waals surface area contributed by atoms with Gasteiger partial charge in [0.25, 0.3) is 0 Å². The Kier molecular flexibility index (Phi) is 13.7. The molecule has 0 radical (unpaired) electrons. The number of sulfonamides is 1. The van der Waals surface area contributed by atoms with Crippen molar-refractivity contribution in [1.82, 2.24) is 10.0 Å². The molecule has 0 aromatic heterocycles. The lowest BCUT2D eigenvalue weighted by Crippen LogP contribution is -2.40. The molecule has 1 atom stereocenters. The molecular weight excluding hydrogens is 504 g/mol. The molecule has 0 saturated heterocycles. The molecule has 2 aromatic rings. The van der Waals surface area contributed by atoms with Crippen molar-refractivity contribution in [3.63, 3.8) is 0 Å². The minimum atomic E-state index is -3.52. The van der Waals surface area contributed by atoms with Crippen molar-refractivity contribution >= 4 is 10.0 Å². The number of aliphatic hydroxyl groups excluding tert-OH is 2. The quantitative estimate of drug-likeness (QED) is 0.176. The summed E-state index contributed by atoms with van der Waals surface area (Å²) >= 11 is 0. The summed E-state index contributed by atoms with van der Waals surface area (Å²) in [6.45, 7) is 7.92. The zero-order chi connectivity index (χ0) is 28.0. The van der Waals surface area contributed by atoms with Crippen molar-refractivity contribution in [3.05, 3.63) is 59.2 Å². The van der Waals surface area contributed by atoms with Gasteiger partial charge in [-0.2, -0.15) is 0 Å². The third kappa shape index (κ3) is 12.2. The average Bonchev–Trinajstić information content (AvgIpc) is 2.85. The lowest BCUT2D eigenvalue weighted by atomic mass is 10.1. The molecule has 0 amide bonds. The molecule has 0 aliphatic rings. The van der Waals surface area contributed by atoms with Crippen molar-refractivity contribution in [3.8, 4) is 5.75 Å². The first kappa shape index (κ1) is 32.2. The molecule has 0 heterocycles. The third-order valence-corrected chi connectivity index (χ3v) is 7.80. The number of aromatic hydroxyl groups is 1. The Balaban J connectivity index is 1.48. The highest BCUT2D eigenvalue weighted by Crippen LogP contribution is 2.22. The van der Waals surface area contributed by atoms with Crippen molar-refractivity contribution in [1.29, 1.82) is 0 Å². The Morgan fingerprint density at radius 2 is 1.66 bits per heavy atom. The number of aliphatic hydroxyl groups is 2. The molecule has 9 heteroatoms. The van der Waals surface area contributed by atoms with E-state index >= 15 is 0 Å². The van der Waals surface area contributed by atoms with E-state index in [9.17, 15) is 23.7 Å².